The lowest BCUT2D eigenvalue weighted by Crippen LogP contribution is -2.06. The Kier molecular flexibility index (Phi) is 3.34. The highest BCUT2D eigenvalue weighted by molar-refractivity contribution is 9.10. The van der Waals surface area contributed by atoms with Gasteiger partial charge < -0.3 is 4.74 Å². The molecule has 17 heavy (non-hydrogen) atoms. The van der Waals surface area contributed by atoms with Crippen molar-refractivity contribution in [3.8, 4) is 10.9 Å². The van der Waals surface area contributed by atoms with E-state index in [4.69, 9.17) is 4.74 Å². The molecule has 0 saturated heterocycles. The molecule has 0 fully saturated rings. The van der Waals surface area contributed by atoms with Crippen molar-refractivity contribution < 1.29 is 17.9 Å². The summed E-state index contributed by atoms with van der Waals surface area (Å²) in [7, 11) is 0. The second-order valence-electron chi connectivity index (χ2n) is 2.94. The summed E-state index contributed by atoms with van der Waals surface area (Å²) in [6, 6.07) is 6.64. The first kappa shape index (κ1) is 12.3. The van der Waals surface area contributed by atoms with Crippen LogP contribution in [0, 0.1) is 0 Å². The molecule has 0 aliphatic carbocycles. The molecule has 90 valence electrons. The second-order valence-corrected chi connectivity index (χ2v) is 4.57. The van der Waals surface area contributed by atoms with Crippen LogP contribution in [0.15, 0.2) is 28.7 Å². The lowest BCUT2D eigenvalue weighted by atomic mass is 10.3. The molecular weight excluding hydrogens is 321 g/mol. The normalized spacial score (nSPS) is 11.5. The van der Waals surface area contributed by atoms with E-state index in [9.17, 15) is 13.2 Å². The first-order chi connectivity index (χ1) is 7.95. The monoisotopic (exact) mass is 324 g/mol. The van der Waals surface area contributed by atoms with Crippen molar-refractivity contribution >= 4 is 27.5 Å². The zero-order chi connectivity index (χ0) is 12.5. The summed E-state index contributed by atoms with van der Waals surface area (Å²) in [6.07, 6.45) is -4.54. The Morgan fingerprint density at radius 3 is 2.35 bits per heavy atom. The minimum absolute atomic E-state index is 0.139. The first-order valence-corrected chi connectivity index (χ1v) is 5.86. The number of hydrogen-bond donors (Lipinski definition) is 0. The van der Waals surface area contributed by atoms with E-state index in [1.54, 1.807) is 24.3 Å². The minimum Gasteiger partial charge on any atom is -0.430 e. The molecule has 0 spiro atoms. The number of nitrogens with zero attached hydrogens (tertiary/aromatic N) is 2. The molecule has 0 saturated carbocycles. The molecule has 0 unspecified atom stereocenters. The van der Waals surface area contributed by atoms with Crippen molar-refractivity contribution in [1.29, 1.82) is 0 Å². The van der Waals surface area contributed by atoms with Gasteiger partial charge in [-0.1, -0.05) is 15.9 Å². The van der Waals surface area contributed by atoms with E-state index >= 15 is 0 Å². The van der Waals surface area contributed by atoms with Gasteiger partial charge in [0.2, 0.25) is 0 Å². The van der Waals surface area contributed by atoms with Crippen LogP contribution in [-0.2, 0) is 6.18 Å². The zero-order valence-electron chi connectivity index (χ0n) is 8.03. The Bertz CT molecular complexity index is 512. The van der Waals surface area contributed by atoms with E-state index in [1.165, 1.54) is 0 Å². The third-order valence-electron chi connectivity index (χ3n) is 1.68. The maximum atomic E-state index is 12.2. The van der Waals surface area contributed by atoms with E-state index in [2.05, 4.69) is 25.3 Å². The average molecular weight is 325 g/mol. The lowest BCUT2D eigenvalue weighted by molar-refractivity contribution is -0.144. The van der Waals surface area contributed by atoms with Gasteiger partial charge in [-0.05, 0) is 24.3 Å². The molecule has 1 aromatic carbocycles. The van der Waals surface area contributed by atoms with Crippen LogP contribution in [-0.4, -0.2) is 9.36 Å². The molecule has 2 rings (SSSR count). The molecule has 1 aromatic heterocycles. The van der Waals surface area contributed by atoms with Gasteiger partial charge in [-0.2, -0.15) is 22.5 Å². The summed E-state index contributed by atoms with van der Waals surface area (Å²) in [5, 5.41) is -0.139. The topological polar surface area (TPSA) is 35.0 Å². The van der Waals surface area contributed by atoms with Crippen LogP contribution in [0.2, 0.25) is 0 Å². The van der Waals surface area contributed by atoms with E-state index in [-0.39, 0.29) is 5.19 Å². The molecule has 0 atom stereocenters. The summed E-state index contributed by atoms with van der Waals surface area (Å²) in [6.45, 7) is 0. The number of halogens is 4. The Labute approximate surface area is 107 Å². The van der Waals surface area contributed by atoms with Gasteiger partial charge in [-0.25, -0.2) is 0 Å². The van der Waals surface area contributed by atoms with Crippen LogP contribution in [0.4, 0.5) is 13.2 Å². The van der Waals surface area contributed by atoms with E-state index < -0.39 is 12.0 Å². The molecule has 0 aliphatic rings. The summed E-state index contributed by atoms with van der Waals surface area (Å²) in [5.41, 5.74) is 0. The molecular formula is C9H4BrF3N2OS. The first-order valence-electron chi connectivity index (χ1n) is 4.29. The summed E-state index contributed by atoms with van der Waals surface area (Å²) in [5.74, 6) is -0.785. The SMILES string of the molecule is FC(F)(F)c1nsc(Oc2ccc(Br)cc2)n1. The van der Waals surface area contributed by atoms with Crippen molar-refractivity contribution in [2.24, 2.45) is 0 Å². The van der Waals surface area contributed by atoms with Gasteiger partial charge in [0.25, 0.3) is 11.0 Å². The van der Waals surface area contributed by atoms with Crippen molar-refractivity contribution in [3.05, 3.63) is 34.6 Å². The molecule has 0 N–H and O–H groups in total. The highest BCUT2D eigenvalue weighted by atomic mass is 79.9. The van der Waals surface area contributed by atoms with Gasteiger partial charge in [0.1, 0.15) is 5.75 Å². The van der Waals surface area contributed by atoms with Crippen molar-refractivity contribution in [3.63, 3.8) is 0 Å². The molecule has 8 heteroatoms. The zero-order valence-corrected chi connectivity index (χ0v) is 10.4. The van der Waals surface area contributed by atoms with Gasteiger partial charge in [-0.15, -0.1) is 0 Å². The van der Waals surface area contributed by atoms with Crippen molar-refractivity contribution in [1.82, 2.24) is 9.36 Å². The Morgan fingerprint density at radius 2 is 1.82 bits per heavy atom. The van der Waals surface area contributed by atoms with Gasteiger partial charge >= 0.3 is 6.18 Å². The van der Waals surface area contributed by atoms with Crippen molar-refractivity contribution in [2.75, 3.05) is 0 Å². The molecule has 3 nitrogen and oxygen atoms in total. The second kappa shape index (κ2) is 4.61. The summed E-state index contributed by atoms with van der Waals surface area (Å²) >= 11 is 3.79. The van der Waals surface area contributed by atoms with E-state index in [0.717, 1.165) is 4.47 Å². The number of rotatable bonds is 2. The van der Waals surface area contributed by atoms with E-state index in [1.807, 2.05) is 0 Å². The van der Waals surface area contributed by atoms with Crippen LogP contribution in [0.25, 0.3) is 0 Å². The quantitative estimate of drug-likeness (QED) is 0.833. The van der Waals surface area contributed by atoms with Crippen LogP contribution >= 0.6 is 27.5 Å². The number of aromatic nitrogens is 2. The van der Waals surface area contributed by atoms with Crippen LogP contribution < -0.4 is 4.74 Å². The molecule has 0 aliphatic heterocycles. The summed E-state index contributed by atoms with van der Waals surface area (Å²) in [4.78, 5) is 3.25. The van der Waals surface area contributed by atoms with E-state index in [0.29, 0.717) is 17.3 Å². The fourth-order valence-electron chi connectivity index (χ4n) is 0.970. The molecule has 2 aromatic rings. The molecule has 0 bridgehead atoms. The van der Waals surface area contributed by atoms with Gasteiger partial charge in [0.15, 0.2) is 0 Å². The fraction of sp³-hybridized carbons (Fsp3) is 0.111. The van der Waals surface area contributed by atoms with Gasteiger partial charge in [-0.3, -0.25) is 0 Å². The Balaban J connectivity index is 2.14. The fourth-order valence-corrected chi connectivity index (χ4v) is 1.80. The van der Waals surface area contributed by atoms with Gasteiger partial charge in [0, 0.05) is 16.0 Å². The smallest absolute Gasteiger partial charge is 0.430 e. The molecule has 1 heterocycles. The average Bonchev–Trinajstić information content (AvgIpc) is 2.69. The van der Waals surface area contributed by atoms with Crippen LogP contribution in [0.5, 0.6) is 10.9 Å². The molecule has 0 radical (unpaired) electrons. The number of alkyl halides is 3. The standard InChI is InChI=1S/C9H4BrF3N2OS/c10-5-1-3-6(4-2-5)16-8-14-7(15-17-8)9(11,12)13/h1-4H. The Hall–Kier alpha value is -1.15. The maximum Gasteiger partial charge on any atom is 0.452 e. The minimum atomic E-state index is -4.54. The summed E-state index contributed by atoms with van der Waals surface area (Å²) < 4.78 is 45.8. The maximum absolute atomic E-state index is 12.2. The number of hydrogen-bond acceptors (Lipinski definition) is 4. The predicted molar refractivity (Wildman–Crippen MR) is 59.1 cm³/mol. The Morgan fingerprint density at radius 1 is 1.18 bits per heavy atom. The van der Waals surface area contributed by atoms with Crippen molar-refractivity contribution in [2.45, 2.75) is 6.18 Å². The third kappa shape index (κ3) is 3.16. The lowest BCUT2D eigenvalue weighted by Gasteiger charge is -2.00. The van der Waals surface area contributed by atoms with Crippen LogP contribution in [0.3, 0.4) is 0 Å². The molecule has 0 amide bonds. The highest BCUT2D eigenvalue weighted by Crippen LogP contribution is 2.31. The van der Waals surface area contributed by atoms with Crippen LogP contribution in [0.1, 0.15) is 5.82 Å². The van der Waals surface area contributed by atoms with Gasteiger partial charge in [0.05, 0.1) is 0 Å². The largest absolute Gasteiger partial charge is 0.452 e. The number of benzene rings is 1. The number of ether oxygens (including phenoxy) is 1. The highest BCUT2D eigenvalue weighted by Gasteiger charge is 2.36. The third-order valence-corrected chi connectivity index (χ3v) is 2.80. The predicted octanol–water partition coefficient (Wildman–Crippen LogP) is 4.11.